The smallest absolute Gasteiger partial charge is 0.112 e. The van der Waals surface area contributed by atoms with E-state index < -0.39 is 0 Å². The van der Waals surface area contributed by atoms with Crippen LogP contribution in [0.3, 0.4) is 0 Å². The molecule has 0 aliphatic carbocycles. The first-order chi connectivity index (χ1) is 9.02. The second-order valence-corrected chi connectivity index (χ2v) is 6.60. The standard InChI is InChI=1S/C14H26N4S/c1-6-15-10(2)13-11(3)16-14(19-13)12-9-17(4)7-8-18(12)5/h10,12,15H,6-9H2,1-5H3. The molecule has 2 unspecified atom stereocenters. The van der Waals surface area contributed by atoms with E-state index in [9.17, 15) is 0 Å². The van der Waals surface area contributed by atoms with E-state index in [2.05, 4.69) is 50.0 Å². The highest BCUT2D eigenvalue weighted by atomic mass is 32.1. The number of aryl methyl sites for hydroxylation is 1. The lowest BCUT2D eigenvalue weighted by molar-refractivity contribution is 0.115. The highest BCUT2D eigenvalue weighted by Gasteiger charge is 2.27. The number of piperazine rings is 1. The maximum absolute atomic E-state index is 4.83. The van der Waals surface area contributed by atoms with Gasteiger partial charge in [-0.25, -0.2) is 4.98 Å². The summed E-state index contributed by atoms with van der Waals surface area (Å²) in [4.78, 5) is 11.0. The van der Waals surface area contributed by atoms with Crippen molar-refractivity contribution in [3.8, 4) is 0 Å². The average molecular weight is 282 g/mol. The second-order valence-electron chi connectivity index (χ2n) is 5.54. The van der Waals surface area contributed by atoms with Crippen LogP contribution in [0.25, 0.3) is 0 Å². The number of thiazole rings is 1. The molecule has 5 heteroatoms. The minimum absolute atomic E-state index is 0.405. The van der Waals surface area contributed by atoms with Gasteiger partial charge in [0.15, 0.2) is 0 Å². The summed E-state index contributed by atoms with van der Waals surface area (Å²) in [7, 11) is 4.41. The van der Waals surface area contributed by atoms with Crippen molar-refractivity contribution in [1.29, 1.82) is 0 Å². The van der Waals surface area contributed by atoms with E-state index in [1.807, 2.05) is 11.3 Å². The van der Waals surface area contributed by atoms with Gasteiger partial charge in [-0.05, 0) is 34.5 Å². The lowest BCUT2D eigenvalue weighted by Crippen LogP contribution is -2.44. The number of nitrogens with one attached hydrogen (secondary N) is 1. The Bertz CT molecular complexity index is 418. The topological polar surface area (TPSA) is 31.4 Å². The van der Waals surface area contributed by atoms with Crippen LogP contribution < -0.4 is 5.32 Å². The minimum Gasteiger partial charge on any atom is -0.310 e. The SMILES string of the molecule is CCNC(C)c1sc(C2CN(C)CCN2C)nc1C. The molecule has 0 aromatic carbocycles. The molecule has 4 nitrogen and oxygen atoms in total. The molecule has 19 heavy (non-hydrogen) atoms. The van der Waals surface area contributed by atoms with Crippen molar-refractivity contribution in [2.24, 2.45) is 0 Å². The highest BCUT2D eigenvalue weighted by molar-refractivity contribution is 7.11. The van der Waals surface area contributed by atoms with Gasteiger partial charge >= 0.3 is 0 Å². The molecule has 1 saturated heterocycles. The largest absolute Gasteiger partial charge is 0.310 e. The number of rotatable bonds is 4. The van der Waals surface area contributed by atoms with Gasteiger partial charge in [-0.15, -0.1) is 11.3 Å². The molecule has 2 atom stereocenters. The zero-order valence-electron chi connectivity index (χ0n) is 12.7. The molecule has 2 rings (SSSR count). The zero-order valence-corrected chi connectivity index (χ0v) is 13.5. The third kappa shape index (κ3) is 3.34. The molecule has 108 valence electrons. The Balaban J connectivity index is 2.18. The van der Waals surface area contributed by atoms with Crippen LogP contribution in [0.4, 0.5) is 0 Å². The van der Waals surface area contributed by atoms with Crippen LogP contribution in [-0.4, -0.2) is 55.1 Å². The molecule has 1 aliphatic heterocycles. The molecule has 0 radical (unpaired) electrons. The van der Waals surface area contributed by atoms with E-state index in [1.54, 1.807) is 0 Å². The first-order valence-corrected chi connectivity index (χ1v) is 7.94. The molecule has 0 spiro atoms. The van der Waals surface area contributed by atoms with Gasteiger partial charge in [0.2, 0.25) is 0 Å². The number of nitrogens with zero attached hydrogens (tertiary/aromatic N) is 3. The van der Waals surface area contributed by atoms with Crippen LogP contribution in [0.2, 0.25) is 0 Å². The van der Waals surface area contributed by atoms with Gasteiger partial charge in [0.1, 0.15) is 5.01 Å². The fourth-order valence-electron chi connectivity index (χ4n) is 2.65. The molecule has 0 saturated carbocycles. The summed E-state index contributed by atoms with van der Waals surface area (Å²) in [6.45, 7) is 10.9. The van der Waals surface area contributed by atoms with Crippen LogP contribution >= 0.6 is 11.3 Å². The Morgan fingerprint density at radius 2 is 2.16 bits per heavy atom. The summed E-state index contributed by atoms with van der Waals surface area (Å²) in [5, 5.41) is 4.75. The molecule has 1 aromatic rings. The summed E-state index contributed by atoms with van der Waals surface area (Å²) < 4.78 is 0. The van der Waals surface area contributed by atoms with Gasteiger partial charge in [-0.3, -0.25) is 4.90 Å². The Hall–Kier alpha value is -0.490. The maximum atomic E-state index is 4.83. The van der Waals surface area contributed by atoms with E-state index in [4.69, 9.17) is 4.98 Å². The summed E-state index contributed by atoms with van der Waals surface area (Å²) in [6, 6.07) is 0.855. The average Bonchev–Trinajstić information content (AvgIpc) is 2.74. The van der Waals surface area contributed by atoms with Crippen molar-refractivity contribution >= 4 is 11.3 Å². The molecule has 1 fully saturated rings. The number of hydrogen-bond acceptors (Lipinski definition) is 5. The summed E-state index contributed by atoms with van der Waals surface area (Å²) in [5.74, 6) is 0. The fraction of sp³-hybridized carbons (Fsp3) is 0.786. The lowest BCUT2D eigenvalue weighted by atomic mass is 10.2. The van der Waals surface area contributed by atoms with E-state index in [0.29, 0.717) is 12.1 Å². The van der Waals surface area contributed by atoms with E-state index in [0.717, 1.165) is 26.2 Å². The van der Waals surface area contributed by atoms with Crippen LogP contribution in [0.5, 0.6) is 0 Å². The van der Waals surface area contributed by atoms with Crippen molar-refractivity contribution in [2.45, 2.75) is 32.9 Å². The highest BCUT2D eigenvalue weighted by Crippen LogP contribution is 2.32. The van der Waals surface area contributed by atoms with Gasteiger partial charge in [0.25, 0.3) is 0 Å². The summed E-state index contributed by atoms with van der Waals surface area (Å²) in [6.07, 6.45) is 0. The predicted octanol–water partition coefficient (Wildman–Crippen LogP) is 2.04. The normalized spacial score (nSPS) is 23.7. The molecule has 0 amide bonds. The van der Waals surface area contributed by atoms with Crippen molar-refractivity contribution in [1.82, 2.24) is 20.1 Å². The van der Waals surface area contributed by atoms with Crippen LogP contribution in [0.15, 0.2) is 0 Å². The van der Waals surface area contributed by atoms with Gasteiger partial charge in [0.05, 0.1) is 11.7 Å². The maximum Gasteiger partial charge on any atom is 0.112 e. The Morgan fingerprint density at radius 3 is 2.84 bits per heavy atom. The summed E-state index contributed by atoms with van der Waals surface area (Å²) in [5.41, 5.74) is 1.19. The Labute approximate surface area is 120 Å². The van der Waals surface area contributed by atoms with E-state index in [-0.39, 0.29) is 0 Å². The third-order valence-corrected chi connectivity index (χ3v) is 5.33. The molecule has 1 aliphatic rings. The second kappa shape index (κ2) is 6.31. The van der Waals surface area contributed by atoms with Crippen molar-refractivity contribution < 1.29 is 0 Å². The predicted molar refractivity (Wildman–Crippen MR) is 81.8 cm³/mol. The van der Waals surface area contributed by atoms with Crippen LogP contribution in [0, 0.1) is 6.92 Å². The lowest BCUT2D eigenvalue weighted by Gasteiger charge is -2.36. The van der Waals surface area contributed by atoms with Gasteiger partial charge in [-0.1, -0.05) is 6.92 Å². The molecular weight excluding hydrogens is 256 g/mol. The minimum atomic E-state index is 0.405. The quantitative estimate of drug-likeness (QED) is 0.916. The Morgan fingerprint density at radius 1 is 1.42 bits per heavy atom. The van der Waals surface area contributed by atoms with Crippen molar-refractivity contribution in [2.75, 3.05) is 40.3 Å². The van der Waals surface area contributed by atoms with Crippen LogP contribution in [-0.2, 0) is 0 Å². The third-order valence-electron chi connectivity index (χ3n) is 3.89. The number of hydrogen-bond donors (Lipinski definition) is 1. The van der Waals surface area contributed by atoms with Crippen LogP contribution in [0.1, 0.15) is 41.5 Å². The molecular formula is C14H26N4S. The number of aromatic nitrogens is 1. The van der Waals surface area contributed by atoms with Gasteiger partial charge < -0.3 is 10.2 Å². The Kier molecular flexibility index (Phi) is 4.95. The fourth-order valence-corrected chi connectivity index (χ4v) is 3.90. The summed E-state index contributed by atoms with van der Waals surface area (Å²) >= 11 is 1.88. The molecule has 0 bridgehead atoms. The van der Waals surface area contributed by atoms with E-state index in [1.165, 1.54) is 15.6 Å². The molecule has 1 N–H and O–H groups in total. The van der Waals surface area contributed by atoms with E-state index >= 15 is 0 Å². The molecule has 2 heterocycles. The van der Waals surface area contributed by atoms with Gasteiger partial charge in [0, 0.05) is 30.6 Å². The van der Waals surface area contributed by atoms with Crippen molar-refractivity contribution in [3.63, 3.8) is 0 Å². The van der Waals surface area contributed by atoms with Crippen molar-refractivity contribution in [3.05, 3.63) is 15.6 Å². The monoisotopic (exact) mass is 282 g/mol. The van der Waals surface area contributed by atoms with Gasteiger partial charge in [-0.2, -0.15) is 0 Å². The zero-order chi connectivity index (χ0) is 14.0. The number of likely N-dealkylation sites (N-methyl/N-ethyl adjacent to an activating group) is 2. The first kappa shape index (κ1) is 14.9. The molecule has 1 aromatic heterocycles. The first-order valence-electron chi connectivity index (χ1n) is 7.12.